The zero-order valence-corrected chi connectivity index (χ0v) is 9.33. The standard InChI is InChI=1S/C10H14N2O2S/c1-12(8-4-11-5-9(8)13)10(14)7-2-3-15-6-7/h2-3,6,8-9,11,13H,4-5H2,1H3/t8-,9-/m1/s1. The van der Waals surface area contributed by atoms with Crippen molar-refractivity contribution in [2.75, 3.05) is 20.1 Å². The number of rotatable bonds is 2. The topological polar surface area (TPSA) is 52.6 Å². The van der Waals surface area contributed by atoms with Crippen molar-refractivity contribution in [1.29, 1.82) is 0 Å². The summed E-state index contributed by atoms with van der Waals surface area (Å²) in [6, 6.07) is 1.69. The highest BCUT2D eigenvalue weighted by atomic mass is 32.1. The third-order valence-electron chi connectivity index (χ3n) is 2.74. The summed E-state index contributed by atoms with van der Waals surface area (Å²) in [5.41, 5.74) is 0.696. The minimum atomic E-state index is -0.461. The molecular formula is C10H14N2O2S. The summed E-state index contributed by atoms with van der Waals surface area (Å²) in [6.45, 7) is 1.22. The second-order valence-corrected chi connectivity index (χ2v) is 4.50. The normalized spacial score (nSPS) is 25.5. The number of carbonyl (C=O) groups excluding carboxylic acids is 1. The van der Waals surface area contributed by atoms with E-state index in [4.69, 9.17) is 0 Å². The first kappa shape index (κ1) is 10.6. The maximum atomic E-state index is 11.9. The molecule has 1 fully saturated rings. The molecule has 1 aliphatic heterocycles. The van der Waals surface area contributed by atoms with Gasteiger partial charge in [0.15, 0.2) is 0 Å². The molecule has 1 saturated heterocycles. The number of likely N-dealkylation sites (N-methyl/N-ethyl adjacent to an activating group) is 1. The predicted octanol–water partition coefficient (Wildman–Crippen LogP) is 0.153. The molecule has 1 amide bonds. The molecule has 15 heavy (non-hydrogen) atoms. The first-order chi connectivity index (χ1) is 7.20. The number of carbonyl (C=O) groups is 1. The number of amides is 1. The summed E-state index contributed by atoms with van der Waals surface area (Å²) in [5, 5.41) is 16.4. The van der Waals surface area contributed by atoms with Crippen molar-refractivity contribution >= 4 is 17.2 Å². The second-order valence-electron chi connectivity index (χ2n) is 3.72. The lowest BCUT2D eigenvalue weighted by Gasteiger charge is -2.26. The Balaban J connectivity index is 2.07. The Labute approximate surface area is 92.5 Å². The monoisotopic (exact) mass is 226 g/mol. The molecule has 2 N–H and O–H groups in total. The van der Waals surface area contributed by atoms with E-state index in [-0.39, 0.29) is 11.9 Å². The fourth-order valence-electron chi connectivity index (χ4n) is 1.79. The van der Waals surface area contributed by atoms with Crippen molar-refractivity contribution in [2.45, 2.75) is 12.1 Å². The summed E-state index contributed by atoms with van der Waals surface area (Å²) >= 11 is 1.50. The molecule has 2 heterocycles. The van der Waals surface area contributed by atoms with E-state index < -0.39 is 6.10 Å². The third-order valence-corrected chi connectivity index (χ3v) is 3.42. The van der Waals surface area contributed by atoms with Crippen LogP contribution in [0.25, 0.3) is 0 Å². The smallest absolute Gasteiger partial charge is 0.254 e. The van der Waals surface area contributed by atoms with E-state index in [9.17, 15) is 9.90 Å². The summed E-state index contributed by atoms with van der Waals surface area (Å²) in [4.78, 5) is 13.5. The van der Waals surface area contributed by atoms with Crippen molar-refractivity contribution < 1.29 is 9.90 Å². The maximum Gasteiger partial charge on any atom is 0.254 e. The zero-order valence-electron chi connectivity index (χ0n) is 8.51. The van der Waals surface area contributed by atoms with E-state index in [0.29, 0.717) is 18.7 Å². The maximum absolute atomic E-state index is 11.9. The number of thiophene rings is 1. The summed E-state index contributed by atoms with van der Waals surface area (Å²) in [7, 11) is 1.74. The first-order valence-electron chi connectivity index (χ1n) is 4.88. The molecule has 82 valence electrons. The number of nitrogens with zero attached hydrogens (tertiary/aromatic N) is 1. The van der Waals surface area contributed by atoms with Crippen molar-refractivity contribution in [2.24, 2.45) is 0 Å². The molecule has 0 aliphatic carbocycles. The molecule has 5 heteroatoms. The van der Waals surface area contributed by atoms with Crippen molar-refractivity contribution in [3.8, 4) is 0 Å². The van der Waals surface area contributed by atoms with Gasteiger partial charge in [-0.15, -0.1) is 0 Å². The average Bonchev–Trinajstić information content (AvgIpc) is 2.85. The van der Waals surface area contributed by atoms with Gasteiger partial charge in [-0.3, -0.25) is 4.79 Å². The molecule has 0 radical (unpaired) electrons. The third kappa shape index (κ3) is 2.04. The van der Waals surface area contributed by atoms with Crippen molar-refractivity contribution in [1.82, 2.24) is 10.2 Å². The molecule has 1 aliphatic rings. The molecule has 0 saturated carbocycles. The average molecular weight is 226 g/mol. The number of nitrogens with one attached hydrogen (secondary N) is 1. The molecule has 0 spiro atoms. The molecule has 0 unspecified atom stereocenters. The highest BCUT2D eigenvalue weighted by molar-refractivity contribution is 7.08. The van der Waals surface area contributed by atoms with Crippen LogP contribution < -0.4 is 5.32 Å². The highest BCUT2D eigenvalue weighted by Gasteiger charge is 2.31. The van der Waals surface area contributed by atoms with Crippen LogP contribution in [0.1, 0.15) is 10.4 Å². The van der Waals surface area contributed by atoms with Gasteiger partial charge < -0.3 is 15.3 Å². The summed E-state index contributed by atoms with van der Waals surface area (Å²) < 4.78 is 0. The Bertz CT molecular complexity index is 339. The van der Waals surface area contributed by atoms with Crippen molar-refractivity contribution in [3.63, 3.8) is 0 Å². The molecular weight excluding hydrogens is 212 g/mol. The van der Waals surface area contributed by atoms with E-state index in [1.807, 2.05) is 10.8 Å². The second kappa shape index (κ2) is 4.30. The van der Waals surface area contributed by atoms with Gasteiger partial charge in [-0.1, -0.05) is 0 Å². The number of aliphatic hydroxyl groups excluding tert-OH is 1. The number of aliphatic hydroxyl groups is 1. The van der Waals surface area contributed by atoms with Crippen LogP contribution in [-0.2, 0) is 0 Å². The number of hydrogen-bond acceptors (Lipinski definition) is 4. The molecule has 1 aromatic heterocycles. The van der Waals surface area contributed by atoms with Gasteiger partial charge in [0.1, 0.15) is 0 Å². The zero-order chi connectivity index (χ0) is 10.8. The van der Waals surface area contributed by atoms with Gasteiger partial charge in [-0.2, -0.15) is 11.3 Å². The minimum Gasteiger partial charge on any atom is -0.390 e. The lowest BCUT2D eigenvalue weighted by Crippen LogP contribution is -2.44. The van der Waals surface area contributed by atoms with Crippen LogP contribution in [0.15, 0.2) is 16.8 Å². The van der Waals surface area contributed by atoms with Gasteiger partial charge in [0.25, 0.3) is 5.91 Å². The molecule has 2 rings (SSSR count). The molecule has 0 bridgehead atoms. The minimum absolute atomic E-state index is 0.0241. The Hall–Kier alpha value is -0.910. The Kier molecular flexibility index (Phi) is 3.04. The molecule has 2 atom stereocenters. The number of hydrogen-bond donors (Lipinski definition) is 2. The van der Waals surface area contributed by atoms with Gasteiger partial charge in [0, 0.05) is 25.5 Å². The first-order valence-corrected chi connectivity index (χ1v) is 5.82. The van der Waals surface area contributed by atoms with Crippen LogP contribution in [0.4, 0.5) is 0 Å². The van der Waals surface area contributed by atoms with Crippen molar-refractivity contribution in [3.05, 3.63) is 22.4 Å². The van der Waals surface area contributed by atoms with Gasteiger partial charge in [-0.05, 0) is 11.4 Å². The lowest BCUT2D eigenvalue weighted by atomic mass is 10.1. The van der Waals surface area contributed by atoms with Crippen LogP contribution in [0.3, 0.4) is 0 Å². The van der Waals surface area contributed by atoms with Crippen LogP contribution in [0, 0.1) is 0 Å². The molecule has 1 aromatic rings. The van der Waals surface area contributed by atoms with E-state index in [1.54, 1.807) is 18.0 Å². The van der Waals surface area contributed by atoms with Gasteiger partial charge >= 0.3 is 0 Å². The largest absolute Gasteiger partial charge is 0.390 e. The van der Waals surface area contributed by atoms with E-state index in [2.05, 4.69) is 5.32 Å². The predicted molar refractivity (Wildman–Crippen MR) is 59.1 cm³/mol. The van der Waals surface area contributed by atoms with E-state index >= 15 is 0 Å². The van der Waals surface area contributed by atoms with Gasteiger partial charge in [-0.25, -0.2) is 0 Å². The Morgan fingerprint density at radius 2 is 2.47 bits per heavy atom. The van der Waals surface area contributed by atoms with E-state index in [1.165, 1.54) is 11.3 Å². The Morgan fingerprint density at radius 1 is 1.67 bits per heavy atom. The quantitative estimate of drug-likeness (QED) is 0.755. The lowest BCUT2D eigenvalue weighted by molar-refractivity contribution is 0.0581. The highest BCUT2D eigenvalue weighted by Crippen LogP contribution is 2.14. The molecule has 0 aromatic carbocycles. The van der Waals surface area contributed by atoms with E-state index in [0.717, 1.165) is 0 Å². The molecule has 4 nitrogen and oxygen atoms in total. The Morgan fingerprint density at radius 3 is 3.00 bits per heavy atom. The van der Waals surface area contributed by atoms with Gasteiger partial charge in [0.2, 0.25) is 0 Å². The SMILES string of the molecule is CN(C(=O)c1ccsc1)[C@@H]1CNC[C@H]1O. The van der Waals surface area contributed by atoms with Crippen LogP contribution >= 0.6 is 11.3 Å². The fraction of sp³-hybridized carbons (Fsp3) is 0.500. The number of β-amino-alcohol motifs (C(OH)–C–C–N with tert-alkyl or cyclic N) is 1. The van der Waals surface area contributed by atoms with Crippen LogP contribution in [0.5, 0.6) is 0 Å². The fourth-order valence-corrected chi connectivity index (χ4v) is 2.42. The summed E-state index contributed by atoms with van der Waals surface area (Å²) in [6.07, 6.45) is -0.461. The van der Waals surface area contributed by atoms with Crippen LogP contribution in [0.2, 0.25) is 0 Å². The summed E-state index contributed by atoms with van der Waals surface area (Å²) in [5.74, 6) is -0.0241. The van der Waals surface area contributed by atoms with Crippen LogP contribution in [-0.4, -0.2) is 48.2 Å². The van der Waals surface area contributed by atoms with Gasteiger partial charge in [0.05, 0.1) is 17.7 Å².